The minimum Gasteiger partial charge on any atom is -0.444 e. The molecule has 1 aliphatic rings. The van der Waals surface area contributed by atoms with Crippen LogP contribution in [0.3, 0.4) is 0 Å². The molecule has 3 N–H and O–H groups in total. The molecule has 2 heterocycles. The number of ether oxygens (including phenoxy) is 1. The second-order valence-corrected chi connectivity index (χ2v) is 6.08. The highest BCUT2D eigenvalue weighted by Gasteiger charge is 2.27. The highest BCUT2D eigenvalue weighted by atomic mass is 16.6. The maximum atomic E-state index is 11.7. The summed E-state index contributed by atoms with van der Waals surface area (Å²) in [5, 5.41) is 2.80. The van der Waals surface area contributed by atoms with Gasteiger partial charge in [0.05, 0.1) is 18.4 Å². The van der Waals surface area contributed by atoms with Gasteiger partial charge in [-0.15, -0.1) is 0 Å². The smallest absolute Gasteiger partial charge is 0.407 e. The molecule has 0 saturated carbocycles. The van der Waals surface area contributed by atoms with Crippen LogP contribution in [0.5, 0.6) is 0 Å². The van der Waals surface area contributed by atoms with Crippen molar-refractivity contribution >= 4 is 17.6 Å². The van der Waals surface area contributed by atoms with Crippen LogP contribution in [0.2, 0.25) is 0 Å². The maximum absolute atomic E-state index is 11.7. The molecule has 0 spiro atoms. The van der Waals surface area contributed by atoms with Crippen molar-refractivity contribution in [2.24, 2.45) is 0 Å². The van der Waals surface area contributed by atoms with E-state index in [2.05, 4.69) is 15.2 Å². The number of carbonyl (C=O) groups excluding carboxylic acids is 1. The van der Waals surface area contributed by atoms with E-state index in [1.807, 2.05) is 26.8 Å². The van der Waals surface area contributed by atoms with E-state index in [0.29, 0.717) is 12.4 Å². The van der Waals surface area contributed by atoms with Crippen LogP contribution < -0.4 is 16.0 Å². The molecule has 1 saturated heterocycles. The Morgan fingerprint density at radius 2 is 2.25 bits per heavy atom. The van der Waals surface area contributed by atoms with Gasteiger partial charge in [-0.2, -0.15) is 0 Å². The predicted octanol–water partition coefficient (Wildman–Crippen LogP) is 1.77. The van der Waals surface area contributed by atoms with E-state index < -0.39 is 0 Å². The SMILES string of the molecule is CC(C)(C)NC(=O)OC1CCN(c2ccc(N)nc2)C1. The summed E-state index contributed by atoms with van der Waals surface area (Å²) in [6.07, 6.45) is 2.11. The number of aromatic nitrogens is 1. The van der Waals surface area contributed by atoms with Crippen molar-refractivity contribution in [3.05, 3.63) is 18.3 Å². The summed E-state index contributed by atoms with van der Waals surface area (Å²) in [6, 6.07) is 3.70. The number of anilines is 2. The van der Waals surface area contributed by atoms with E-state index in [4.69, 9.17) is 10.5 Å². The number of hydrogen-bond donors (Lipinski definition) is 2. The van der Waals surface area contributed by atoms with Crippen molar-refractivity contribution < 1.29 is 9.53 Å². The number of nitrogen functional groups attached to an aromatic ring is 1. The molecular weight excluding hydrogens is 256 g/mol. The molecule has 1 aromatic heterocycles. The summed E-state index contributed by atoms with van der Waals surface area (Å²) in [7, 11) is 0. The van der Waals surface area contributed by atoms with Gasteiger partial charge in [0, 0.05) is 18.5 Å². The maximum Gasteiger partial charge on any atom is 0.407 e. The van der Waals surface area contributed by atoms with Gasteiger partial charge in [-0.05, 0) is 32.9 Å². The number of nitrogens with zero attached hydrogens (tertiary/aromatic N) is 2. The molecule has 6 nitrogen and oxygen atoms in total. The lowest BCUT2D eigenvalue weighted by Gasteiger charge is -2.22. The Kier molecular flexibility index (Phi) is 4.01. The number of nitrogens with one attached hydrogen (secondary N) is 1. The molecule has 110 valence electrons. The summed E-state index contributed by atoms with van der Waals surface area (Å²) < 4.78 is 5.43. The van der Waals surface area contributed by atoms with Gasteiger partial charge >= 0.3 is 6.09 Å². The molecule has 1 fully saturated rings. The van der Waals surface area contributed by atoms with Crippen molar-refractivity contribution in [3.63, 3.8) is 0 Å². The van der Waals surface area contributed by atoms with E-state index in [9.17, 15) is 4.79 Å². The van der Waals surface area contributed by atoms with Crippen LogP contribution in [0.1, 0.15) is 27.2 Å². The fourth-order valence-electron chi connectivity index (χ4n) is 2.13. The van der Waals surface area contributed by atoms with E-state index in [-0.39, 0.29) is 17.7 Å². The van der Waals surface area contributed by atoms with Gasteiger partial charge in [-0.1, -0.05) is 0 Å². The van der Waals surface area contributed by atoms with Crippen LogP contribution in [-0.4, -0.2) is 35.8 Å². The molecule has 2 rings (SSSR count). The summed E-state index contributed by atoms with van der Waals surface area (Å²) in [4.78, 5) is 17.9. The van der Waals surface area contributed by atoms with Gasteiger partial charge in [0.25, 0.3) is 0 Å². The number of nitrogens with two attached hydrogens (primary N) is 1. The second kappa shape index (κ2) is 5.56. The number of alkyl carbamates (subject to hydrolysis) is 1. The molecule has 0 aliphatic carbocycles. The molecule has 1 atom stereocenters. The number of carbonyl (C=O) groups is 1. The van der Waals surface area contributed by atoms with Crippen molar-refractivity contribution in [2.75, 3.05) is 23.7 Å². The first-order chi connectivity index (χ1) is 9.33. The first kappa shape index (κ1) is 14.4. The van der Waals surface area contributed by atoms with Gasteiger partial charge in [-0.25, -0.2) is 9.78 Å². The Bertz CT molecular complexity index is 467. The minimum absolute atomic E-state index is 0.0881. The van der Waals surface area contributed by atoms with E-state index in [1.54, 1.807) is 12.3 Å². The van der Waals surface area contributed by atoms with Gasteiger partial charge < -0.3 is 20.7 Å². The van der Waals surface area contributed by atoms with Crippen LogP contribution in [0.15, 0.2) is 18.3 Å². The van der Waals surface area contributed by atoms with E-state index in [0.717, 1.165) is 18.7 Å². The topological polar surface area (TPSA) is 80.5 Å². The van der Waals surface area contributed by atoms with Gasteiger partial charge in [0.2, 0.25) is 0 Å². The summed E-state index contributed by atoms with van der Waals surface area (Å²) in [5.74, 6) is 0.505. The third kappa shape index (κ3) is 4.01. The zero-order valence-corrected chi connectivity index (χ0v) is 12.2. The zero-order chi connectivity index (χ0) is 14.8. The summed E-state index contributed by atoms with van der Waals surface area (Å²) in [5.41, 5.74) is 6.29. The van der Waals surface area contributed by atoms with Crippen LogP contribution in [0.25, 0.3) is 0 Å². The minimum atomic E-state index is -0.361. The molecule has 1 aliphatic heterocycles. The molecule has 0 radical (unpaired) electrons. The monoisotopic (exact) mass is 278 g/mol. The Morgan fingerprint density at radius 3 is 2.85 bits per heavy atom. The van der Waals surface area contributed by atoms with Gasteiger partial charge in [0.1, 0.15) is 11.9 Å². The average molecular weight is 278 g/mol. The zero-order valence-electron chi connectivity index (χ0n) is 12.2. The quantitative estimate of drug-likeness (QED) is 0.861. The first-order valence-electron chi connectivity index (χ1n) is 6.79. The second-order valence-electron chi connectivity index (χ2n) is 6.08. The summed E-state index contributed by atoms with van der Waals surface area (Å²) in [6.45, 7) is 7.31. The van der Waals surface area contributed by atoms with Crippen molar-refractivity contribution in [1.29, 1.82) is 0 Å². The van der Waals surface area contributed by atoms with Gasteiger partial charge in [-0.3, -0.25) is 0 Å². The number of rotatable bonds is 2. The Morgan fingerprint density at radius 1 is 1.50 bits per heavy atom. The van der Waals surface area contributed by atoms with Gasteiger partial charge in [0.15, 0.2) is 0 Å². The first-order valence-corrected chi connectivity index (χ1v) is 6.79. The van der Waals surface area contributed by atoms with Crippen LogP contribution >= 0.6 is 0 Å². The summed E-state index contributed by atoms with van der Waals surface area (Å²) >= 11 is 0. The molecule has 1 unspecified atom stereocenters. The third-order valence-electron chi connectivity index (χ3n) is 3.03. The molecule has 20 heavy (non-hydrogen) atoms. The fourth-order valence-corrected chi connectivity index (χ4v) is 2.13. The largest absolute Gasteiger partial charge is 0.444 e. The lowest BCUT2D eigenvalue weighted by Crippen LogP contribution is -2.42. The van der Waals surface area contributed by atoms with Crippen molar-refractivity contribution in [2.45, 2.75) is 38.8 Å². The van der Waals surface area contributed by atoms with E-state index >= 15 is 0 Å². The van der Waals surface area contributed by atoms with Crippen LogP contribution in [0.4, 0.5) is 16.3 Å². The molecular formula is C14H22N4O2. The molecule has 0 bridgehead atoms. The third-order valence-corrected chi connectivity index (χ3v) is 3.03. The van der Waals surface area contributed by atoms with E-state index in [1.165, 1.54) is 0 Å². The highest BCUT2D eigenvalue weighted by molar-refractivity contribution is 5.68. The predicted molar refractivity (Wildman–Crippen MR) is 78.6 cm³/mol. The van der Waals surface area contributed by atoms with Crippen LogP contribution in [0, 0.1) is 0 Å². The Balaban J connectivity index is 1.86. The Hall–Kier alpha value is -1.98. The highest BCUT2D eigenvalue weighted by Crippen LogP contribution is 2.21. The lowest BCUT2D eigenvalue weighted by molar-refractivity contribution is 0.101. The average Bonchev–Trinajstić information content (AvgIpc) is 2.75. The Labute approximate surface area is 119 Å². The molecule has 1 aromatic rings. The van der Waals surface area contributed by atoms with Crippen molar-refractivity contribution in [1.82, 2.24) is 10.3 Å². The molecule has 6 heteroatoms. The molecule has 0 aromatic carbocycles. The lowest BCUT2D eigenvalue weighted by atomic mass is 10.1. The number of hydrogen-bond acceptors (Lipinski definition) is 5. The molecule has 1 amide bonds. The normalized spacial score (nSPS) is 18.9. The van der Waals surface area contributed by atoms with Crippen LogP contribution in [-0.2, 0) is 4.74 Å². The number of pyridine rings is 1. The van der Waals surface area contributed by atoms with Crippen molar-refractivity contribution in [3.8, 4) is 0 Å². The fraction of sp³-hybridized carbons (Fsp3) is 0.571. The standard InChI is InChI=1S/C14H22N4O2/c1-14(2,3)17-13(19)20-11-6-7-18(9-11)10-4-5-12(15)16-8-10/h4-5,8,11H,6-7,9H2,1-3H3,(H2,15,16)(H,17,19). The number of amides is 1.